The molecular weight excluding hydrogens is 262 g/mol. The molecule has 2 aromatic rings. The average Bonchev–Trinajstić information content (AvgIpc) is 3.01. The molecule has 0 fully saturated rings. The number of hydrogen-bond donors (Lipinski definition) is 0. The van der Waals surface area contributed by atoms with Crippen molar-refractivity contribution in [2.75, 3.05) is 0 Å². The largest absolute Gasteiger partial charge is 0.241 e. The summed E-state index contributed by atoms with van der Waals surface area (Å²) in [6.45, 7) is 0. The number of hydrogen-bond acceptors (Lipinski definition) is 2. The van der Waals surface area contributed by atoms with Gasteiger partial charge in [0.15, 0.2) is 0 Å². The highest BCUT2D eigenvalue weighted by atomic mass is 35.5. The van der Waals surface area contributed by atoms with Crippen LogP contribution in [0, 0.1) is 0 Å². The maximum absolute atomic E-state index is 6.08. The molecule has 0 spiro atoms. The van der Waals surface area contributed by atoms with Gasteiger partial charge in [0, 0.05) is 17.4 Å². The van der Waals surface area contributed by atoms with Crippen LogP contribution in [0.5, 0.6) is 0 Å². The van der Waals surface area contributed by atoms with Gasteiger partial charge in [-0.3, -0.25) is 0 Å². The van der Waals surface area contributed by atoms with Crippen molar-refractivity contribution in [3.8, 4) is 11.3 Å². The van der Waals surface area contributed by atoms with E-state index in [0.717, 1.165) is 25.0 Å². The monoisotopic (exact) mass is 275 g/mol. The van der Waals surface area contributed by atoms with E-state index in [1.165, 1.54) is 16.1 Å². The summed E-state index contributed by atoms with van der Waals surface area (Å²) in [6, 6.07) is 10.3. The minimum Gasteiger partial charge on any atom is -0.241 e. The summed E-state index contributed by atoms with van der Waals surface area (Å²) in [5, 5.41) is 3.55. The molecule has 0 bridgehead atoms. The van der Waals surface area contributed by atoms with Gasteiger partial charge in [0.1, 0.15) is 0 Å². The first-order chi connectivity index (χ1) is 8.81. The smallest absolute Gasteiger partial charge is 0.0973 e. The highest BCUT2D eigenvalue weighted by Gasteiger charge is 2.14. The van der Waals surface area contributed by atoms with Crippen LogP contribution in [0.4, 0.5) is 0 Å². The molecule has 0 saturated carbocycles. The molecule has 1 aliphatic rings. The van der Waals surface area contributed by atoms with Gasteiger partial charge in [0.05, 0.1) is 16.1 Å². The number of benzene rings is 1. The minimum absolute atomic E-state index is 0.230. The van der Waals surface area contributed by atoms with Crippen molar-refractivity contribution >= 4 is 22.9 Å². The van der Waals surface area contributed by atoms with E-state index in [2.05, 4.69) is 23.6 Å². The summed E-state index contributed by atoms with van der Waals surface area (Å²) in [7, 11) is 0. The van der Waals surface area contributed by atoms with E-state index in [4.69, 9.17) is 16.6 Å². The van der Waals surface area contributed by atoms with Crippen LogP contribution in [-0.2, 0) is 6.42 Å². The summed E-state index contributed by atoms with van der Waals surface area (Å²) in [5.74, 6) is 0. The molecule has 0 saturated heterocycles. The van der Waals surface area contributed by atoms with Gasteiger partial charge in [-0.1, -0.05) is 42.0 Å². The molecule has 1 unspecified atom stereocenters. The minimum atomic E-state index is 0.230. The van der Waals surface area contributed by atoms with Crippen LogP contribution >= 0.6 is 22.9 Å². The molecule has 1 aromatic carbocycles. The molecule has 1 atom stereocenters. The number of aromatic nitrogens is 1. The summed E-state index contributed by atoms with van der Waals surface area (Å²) in [6.07, 6.45) is 5.34. The first-order valence-electron chi connectivity index (χ1n) is 6.15. The third-order valence-electron chi connectivity index (χ3n) is 3.16. The van der Waals surface area contributed by atoms with Gasteiger partial charge >= 0.3 is 0 Å². The Morgan fingerprint density at radius 3 is 2.83 bits per heavy atom. The van der Waals surface area contributed by atoms with Gasteiger partial charge in [-0.2, -0.15) is 0 Å². The molecule has 0 aliphatic heterocycles. The van der Waals surface area contributed by atoms with Gasteiger partial charge < -0.3 is 0 Å². The number of nitrogens with zero attached hydrogens (tertiary/aromatic N) is 1. The predicted octanol–water partition coefficient (Wildman–Crippen LogP) is 4.68. The van der Waals surface area contributed by atoms with E-state index in [9.17, 15) is 0 Å². The molecule has 3 heteroatoms. The number of halogens is 1. The lowest BCUT2D eigenvalue weighted by molar-refractivity contribution is 0.889. The highest BCUT2D eigenvalue weighted by Crippen LogP contribution is 2.28. The Balaban J connectivity index is 1.76. The lowest BCUT2D eigenvalue weighted by Crippen LogP contribution is -1.87. The molecule has 18 heavy (non-hydrogen) atoms. The maximum Gasteiger partial charge on any atom is 0.0973 e. The van der Waals surface area contributed by atoms with Gasteiger partial charge in [-0.05, 0) is 12.8 Å². The molecule has 1 heterocycles. The van der Waals surface area contributed by atoms with Crippen LogP contribution in [0.2, 0.25) is 0 Å². The van der Waals surface area contributed by atoms with Crippen LogP contribution in [0.15, 0.2) is 47.4 Å². The Hall–Kier alpha value is -1.12. The van der Waals surface area contributed by atoms with Gasteiger partial charge in [-0.15, -0.1) is 22.9 Å². The second-order valence-corrected chi connectivity index (χ2v) is 6.05. The zero-order valence-electron chi connectivity index (χ0n) is 9.97. The molecule has 92 valence electrons. The zero-order chi connectivity index (χ0) is 12.4. The fraction of sp³-hybridized carbons (Fsp3) is 0.267. The average molecular weight is 276 g/mol. The van der Waals surface area contributed by atoms with E-state index in [1.54, 1.807) is 11.3 Å². The van der Waals surface area contributed by atoms with Crippen molar-refractivity contribution in [3.63, 3.8) is 0 Å². The lowest BCUT2D eigenvalue weighted by atomic mass is 10.1. The quantitative estimate of drug-likeness (QED) is 0.585. The number of thiazole rings is 1. The Bertz CT molecular complexity index is 559. The number of rotatable bonds is 3. The van der Waals surface area contributed by atoms with Gasteiger partial charge in [0.2, 0.25) is 0 Å². The normalized spacial score (nSPS) is 18.9. The van der Waals surface area contributed by atoms with Crippen molar-refractivity contribution in [1.29, 1.82) is 0 Å². The third-order valence-corrected chi connectivity index (χ3v) is 4.35. The zero-order valence-corrected chi connectivity index (χ0v) is 11.5. The van der Waals surface area contributed by atoms with Crippen LogP contribution in [0.25, 0.3) is 11.3 Å². The highest BCUT2D eigenvalue weighted by molar-refractivity contribution is 7.10. The molecular formula is C15H14ClNS. The van der Waals surface area contributed by atoms with Crippen molar-refractivity contribution < 1.29 is 0 Å². The van der Waals surface area contributed by atoms with Gasteiger partial charge in [-0.25, -0.2) is 4.98 Å². The Morgan fingerprint density at radius 2 is 2.11 bits per heavy atom. The summed E-state index contributed by atoms with van der Waals surface area (Å²) >= 11 is 7.82. The van der Waals surface area contributed by atoms with E-state index < -0.39 is 0 Å². The first kappa shape index (κ1) is 11.9. The number of allylic oxidation sites excluding steroid dienone is 2. The van der Waals surface area contributed by atoms with E-state index >= 15 is 0 Å². The predicted molar refractivity (Wildman–Crippen MR) is 78.2 cm³/mol. The van der Waals surface area contributed by atoms with E-state index in [1.807, 2.05) is 18.2 Å². The SMILES string of the molecule is ClC1C=C(Cc2nc(-c3ccccc3)cs2)CC1. The molecule has 0 amide bonds. The Morgan fingerprint density at radius 1 is 1.28 bits per heavy atom. The van der Waals surface area contributed by atoms with Crippen molar-refractivity contribution in [3.05, 3.63) is 52.4 Å². The summed E-state index contributed by atoms with van der Waals surface area (Å²) in [5.41, 5.74) is 3.70. The lowest BCUT2D eigenvalue weighted by Gasteiger charge is -1.97. The fourth-order valence-corrected chi connectivity index (χ4v) is 3.36. The Kier molecular flexibility index (Phi) is 3.48. The second-order valence-electron chi connectivity index (χ2n) is 4.55. The van der Waals surface area contributed by atoms with Crippen LogP contribution in [0.1, 0.15) is 17.8 Å². The maximum atomic E-state index is 6.08. The molecule has 0 N–H and O–H groups in total. The van der Waals surface area contributed by atoms with Crippen molar-refractivity contribution in [2.24, 2.45) is 0 Å². The van der Waals surface area contributed by atoms with E-state index in [0.29, 0.717) is 0 Å². The first-order valence-corrected chi connectivity index (χ1v) is 7.46. The fourth-order valence-electron chi connectivity index (χ4n) is 2.22. The standard InChI is InChI=1S/C15H14ClNS/c16-13-7-6-11(8-13)9-15-17-14(10-18-15)12-4-2-1-3-5-12/h1-5,8,10,13H,6-7,9H2. The molecule has 1 aliphatic carbocycles. The number of alkyl halides is 1. The topological polar surface area (TPSA) is 12.9 Å². The van der Waals surface area contributed by atoms with Crippen LogP contribution < -0.4 is 0 Å². The van der Waals surface area contributed by atoms with Crippen LogP contribution in [0.3, 0.4) is 0 Å². The van der Waals surface area contributed by atoms with Crippen molar-refractivity contribution in [1.82, 2.24) is 4.98 Å². The third kappa shape index (κ3) is 2.65. The second kappa shape index (κ2) is 5.25. The molecule has 1 aromatic heterocycles. The molecule has 1 nitrogen and oxygen atoms in total. The van der Waals surface area contributed by atoms with Crippen LogP contribution in [-0.4, -0.2) is 10.4 Å². The summed E-state index contributed by atoms with van der Waals surface area (Å²) in [4.78, 5) is 4.70. The molecule has 3 rings (SSSR count). The Labute approximate surface area is 116 Å². The summed E-state index contributed by atoms with van der Waals surface area (Å²) < 4.78 is 0. The van der Waals surface area contributed by atoms with E-state index in [-0.39, 0.29) is 5.38 Å². The van der Waals surface area contributed by atoms with Gasteiger partial charge in [0.25, 0.3) is 0 Å². The van der Waals surface area contributed by atoms with Crippen molar-refractivity contribution in [2.45, 2.75) is 24.6 Å². The molecule has 0 radical (unpaired) electrons.